The lowest BCUT2D eigenvalue weighted by Gasteiger charge is -2.06. The summed E-state index contributed by atoms with van der Waals surface area (Å²) in [4.78, 5) is 15.1. The second-order valence-electron chi connectivity index (χ2n) is 3.93. The molecule has 0 fully saturated rings. The molecule has 0 aliphatic carbocycles. The van der Waals surface area contributed by atoms with Gasteiger partial charge in [0.25, 0.3) is 0 Å². The van der Waals surface area contributed by atoms with Gasteiger partial charge in [-0.05, 0) is 24.1 Å². The van der Waals surface area contributed by atoms with Gasteiger partial charge in [0.15, 0.2) is 0 Å². The Morgan fingerprint density at radius 1 is 1.29 bits per heavy atom. The van der Waals surface area contributed by atoms with Crippen LogP contribution in [0.5, 0.6) is 0 Å². The number of benzene rings is 1. The number of pyridine rings is 1. The van der Waals surface area contributed by atoms with Crippen molar-refractivity contribution >= 4 is 5.97 Å². The molecule has 0 aliphatic rings. The van der Waals surface area contributed by atoms with Crippen LogP contribution in [-0.4, -0.2) is 16.1 Å². The lowest BCUT2D eigenvalue weighted by molar-refractivity contribution is -0.136. The van der Waals surface area contributed by atoms with Crippen molar-refractivity contribution in [3.8, 4) is 11.3 Å². The van der Waals surface area contributed by atoms with E-state index in [1.165, 1.54) is 0 Å². The highest BCUT2D eigenvalue weighted by Crippen LogP contribution is 2.19. The SMILES string of the molecule is Cc1cnc(-c2ccccc2)cc1CC(=O)O. The molecule has 1 heterocycles. The Hall–Kier alpha value is -2.16. The van der Waals surface area contributed by atoms with E-state index in [-0.39, 0.29) is 6.42 Å². The number of rotatable bonds is 3. The molecule has 0 radical (unpaired) electrons. The Bertz CT molecular complexity index is 535. The molecule has 0 saturated heterocycles. The molecule has 0 unspecified atom stereocenters. The molecule has 3 heteroatoms. The van der Waals surface area contributed by atoms with E-state index in [0.29, 0.717) is 0 Å². The molecule has 3 nitrogen and oxygen atoms in total. The van der Waals surface area contributed by atoms with Crippen LogP contribution < -0.4 is 0 Å². The molecule has 0 saturated carbocycles. The summed E-state index contributed by atoms with van der Waals surface area (Å²) in [5.74, 6) is -0.821. The summed E-state index contributed by atoms with van der Waals surface area (Å²) in [6, 6.07) is 11.6. The van der Waals surface area contributed by atoms with Crippen LogP contribution in [0, 0.1) is 6.92 Å². The Kier molecular flexibility index (Phi) is 3.19. The van der Waals surface area contributed by atoms with Crippen LogP contribution in [0.3, 0.4) is 0 Å². The molecule has 0 amide bonds. The first-order valence-corrected chi connectivity index (χ1v) is 5.39. The fourth-order valence-electron chi connectivity index (χ4n) is 1.69. The second-order valence-corrected chi connectivity index (χ2v) is 3.93. The van der Waals surface area contributed by atoms with Gasteiger partial charge in [0.1, 0.15) is 0 Å². The van der Waals surface area contributed by atoms with Gasteiger partial charge in [-0.25, -0.2) is 0 Å². The predicted octanol–water partition coefficient (Wildman–Crippen LogP) is 2.68. The van der Waals surface area contributed by atoms with Crippen molar-refractivity contribution in [1.82, 2.24) is 4.98 Å². The second kappa shape index (κ2) is 4.78. The van der Waals surface area contributed by atoms with Crippen LogP contribution in [0.15, 0.2) is 42.6 Å². The van der Waals surface area contributed by atoms with Gasteiger partial charge < -0.3 is 5.11 Å². The van der Waals surface area contributed by atoms with Gasteiger partial charge >= 0.3 is 5.97 Å². The molecule has 0 atom stereocenters. The summed E-state index contributed by atoms with van der Waals surface area (Å²) in [5.41, 5.74) is 3.53. The maximum Gasteiger partial charge on any atom is 0.307 e. The first-order valence-electron chi connectivity index (χ1n) is 5.39. The van der Waals surface area contributed by atoms with Crippen molar-refractivity contribution in [1.29, 1.82) is 0 Å². The molecule has 1 aromatic carbocycles. The Morgan fingerprint density at radius 2 is 2.00 bits per heavy atom. The van der Waals surface area contributed by atoms with Gasteiger partial charge in [0.05, 0.1) is 12.1 Å². The van der Waals surface area contributed by atoms with Gasteiger partial charge in [-0.15, -0.1) is 0 Å². The normalized spacial score (nSPS) is 10.2. The third-order valence-corrected chi connectivity index (χ3v) is 2.63. The average Bonchev–Trinajstić information content (AvgIpc) is 2.32. The molecule has 17 heavy (non-hydrogen) atoms. The lowest BCUT2D eigenvalue weighted by atomic mass is 10.0. The van der Waals surface area contributed by atoms with E-state index in [4.69, 9.17) is 5.11 Å². The molecule has 1 N–H and O–H groups in total. The van der Waals surface area contributed by atoms with E-state index >= 15 is 0 Å². The van der Waals surface area contributed by atoms with Gasteiger partial charge in [0.2, 0.25) is 0 Å². The molecule has 0 aliphatic heterocycles. The quantitative estimate of drug-likeness (QED) is 0.877. The maximum atomic E-state index is 10.7. The van der Waals surface area contributed by atoms with E-state index in [1.54, 1.807) is 6.20 Å². The van der Waals surface area contributed by atoms with Crippen LogP contribution in [0.25, 0.3) is 11.3 Å². The zero-order valence-electron chi connectivity index (χ0n) is 9.55. The van der Waals surface area contributed by atoms with E-state index in [1.807, 2.05) is 43.3 Å². The molecular weight excluding hydrogens is 214 g/mol. The summed E-state index contributed by atoms with van der Waals surface area (Å²) in [6.45, 7) is 1.88. The van der Waals surface area contributed by atoms with Crippen LogP contribution in [0.2, 0.25) is 0 Å². The first-order chi connectivity index (χ1) is 8.16. The minimum absolute atomic E-state index is 0.0359. The van der Waals surface area contributed by atoms with Crippen molar-refractivity contribution in [2.45, 2.75) is 13.3 Å². The number of hydrogen-bond acceptors (Lipinski definition) is 2. The topological polar surface area (TPSA) is 50.2 Å². The summed E-state index contributed by atoms with van der Waals surface area (Å²) < 4.78 is 0. The highest BCUT2D eigenvalue weighted by atomic mass is 16.4. The average molecular weight is 227 g/mol. The van der Waals surface area contributed by atoms with Crippen molar-refractivity contribution < 1.29 is 9.90 Å². The van der Waals surface area contributed by atoms with Gasteiger partial charge in [-0.3, -0.25) is 9.78 Å². The van der Waals surface area contributed by atoms with E-state index in [9.17, 15) is 4.79 Å². The minimum Gasteiger partial charge on any atom is -0.481 e. The summed E-state index contributed by atoms with van der Waals surface area (Å²) in [7, 11) is 0. The number of carboxylic acid groups (broad SMARTS) is 1. The molecule has 2 aromatic rings. The highest BCUT2D eigenvalue weighted by Gasteiger charge is 2.07. The monoisotopic (exact) mass is 227 g/mol. The van der Waals surface area contributed by atoms with E-state index in [0.717, 1.165) is 22.4 Å². The molecule has 2 rings (SSSR count). The fourth-order valence-corrected chi connectivity index (χ4v) is 1.69. The lowest BCUT2D eigenvalue weighted by Crippen LogP contribution is -2.03. The number of hydrogen-bond donors (Lipinski definition) is 1. The molecular formula is C14H13NO2. The van der Waals surface area contributed by atoms with Crippen LogP contribution >= 0.6 is 0 Å². The van der Waals surface area contributed by atoms with Crippen LogP contribution in [0.1, 0.15) is 11.1 Å². The minimum atomic E-state index is -0.821. The Balaban J connectivity index is 2.41. The maximum absolute atomic E-state index is 10.7. The summed E-state index contributed by atoms with van der Waals surface area (Å²) in [6.07, 6.45) is 1.76. The number of nitrogens with zero attached hydrogens (tertiary/aromatic N) is 1. The third kappa shape index (κ3) is 2.69. The zero-order chi connectivity index (χ0) is 12.3. The number of carbonyl (C=O) groups is 1. The Morgan fingerprint density at radius 3 is 2.65 bits per heavy atom. The summed E-state index contributed by atoms with van der Waals surface area (Å²) >= 11 is 0. The molecule has 0 bridgehead atoms. The van der Waals surface area contributed by atoms with Crippen molar-refractivity contribution in [2.75, 3.05) is 0 Å². The van der Waals surface area contributed by atoms with Crippen LogP contribution in [0.4, 0.5) is 0 Å². The number of aromatic nitrogens is 1. The van der Waals surface area contributed by atoms with Crippen LogP contribution in [-0.2, 0) is 11.2 Å². The van der Waals surface area contributed by atoms with Gasteiger partial charge in [0, 0.05) is 11.8 Å². The van der Waals surface area contributed by atoms with Gasteiger partial charge in [-0.1, -0.05) is 30.3 Å². The van der Waals surface area contributed by atoms with Crippen molar-refractivity contribution in [3.63, 3.8) is 0 Å². The molecule has 0 spiro atoms. The molecule has 86 valence electrons. The number of aliphatic carboxylic acids is 1. The zero-order valence-corrected chi connectivity index (χ0v) is 9.55. The summed E-state index contributed by atoms with van der Waals surface area (Å²) in [5, 5.41) is 8.83. The number of aryl methyl sites for hydroxylation is 1. The van der Waals surface area contributed by atoms with Gasteiger partial charge in [-0.2, -0.15) is 0 Å². The smallest absolute Gasteiger partial charge is 0.307 e. The van der Waals surface area contributed by atoms with Crippen molar-refractivity contribution in [2.24, 2.45) is 0 Å². The Labute approximate surface area is 99.8 Å². The van der Waals surface area contributed by atoms with E-state index in [2.05, 4.69) is 4.98 Å². The molecule has 1 aromatic heterocycles. The highest BCUT2D eigenvalue weighted by molar-refractivity contribution is 5.72. The predicted molar refractivity (Wildman–Crippen MR) is 65.7 cm³/mol. The third-order valence-electron chi connectivity index (χ3n) is 2.63. The van der Waals surface area contributed by atoms with Crippen molar-refractivity contribution in [3.05, 3.63) is 53.7 Å². The van der Waals surface area contributed by atoms with E-state index < -0.39 is 5.97 Å². The fraction of sp³-hybridized carbons (Fsp3) is 0.143. The standard InChI is InChI=1S/C14H13NO2/c1-10-9-15-13(7-12(10)8-14(16)17)11-5-3-2-4-6-11/h2-7,9H,8H2,1H3,(H,16,17). The number of carboxylic acids is 1. The first kappa shape index (κ1) is 11.3. The largest absolute Gasteiger partial charge is 0.481 e.